The topological polar surface area (TPSA) is 71.0 Å². The second kappa shape index (κ2) is 9.28. The Labute approximate surface area is 171 Å². The Hall–Kier alpha value is -3.28. The summed E-state index contributed by atoms with van der Waals surface area (Å²) in [4.78, 5) is 28.4. The van der Waals surface area contributed by atoms with E-state index in [0.717, 1.165) is 37.1 Å². The van der Waals surface area contributed by atoms with Gasteiger partial charge in [0, 0.05) is 43.7 Å². The maximum absolute atomic E-state index is 13.2. The van der Waals surface area contributed by atoms with E-state index in [1.54, 1.807) is 18.5 Å². The lowest BCUT2D eigenvalue weighted by Gasteiger charge is -2.20. The zero-order valence-corrected chi connectivity index (χ0v) is 16.4. The first-order valence-corrected chi connectivity index (χ1v) is 10.2. The molecule has 3 aromatic rings. The van der Waals surface area contributed by atoms with Gasteiger partial charge in [0.25, 0.3) is 5.91 Å². The molecule has 0 saturated carbocycles. The largest absolute Gasteiger partial charge is 0.366 e. The third-order valence-electron chi connectivity index (χ3n) is 5.09. The molecule has 1 amide bonds. The van der Waals surface area contributed by atoms with Crippen LogP contribution in [0, 0.1) is 0 Å². The summed E-state index contributed by atoms with van der Waals surface area (Å²) in [6.45, 7) is 2.19. The number of carbonyl (C=O) groups excluding carboxylic acids is 1. The number of anilines is 1. The predicted octanol–water partition coefficient (Wildman–Crippen LogP) is 4.17. The molecule has 6 nitrogen and oxygen atoms in total. The first-order chi connectivity index (χ1) is 14.3. The number of hydrogen-bond donors (Lipinski definition) is 1. The molecule has 4 rings (SSSR count). The summed E-state index contributed by atoms with van der Waals surface area (Å²) < 4.78 is 0. The molecule has 0 unspecified atom stereocenters. The molecule has 1 aliphatic heterocycles. The van der Waals surface area contributed by atoms with Crippen molar-refractivity contribution in [2.75, 3.05) is 18.4 Å². The van der Waals surface area contributed by atoms with Crippen LogP contribution in [0.3, 0.4) is 0 Å². The molecule has 1 N–H and O–H groups in total. The van der Waals surface area contributed by atoms with E-state index in [1.165, 1.54) is 12.8 Å². The molecular formula is C23H25N5O. The Morgan fingerprint density at radius 1 is 0.931 bits per heavy atom. The number of carbonyl (C=O) groups is 1. The van der Waals surface area contributed by atoms with Gasteiger partial charge in [-0.1, -0.05) is 43.2 Å². The minimum absolute atomic E-state index is 0.0153. The molecule has 1 aliphatic rings. The molecule has 2 aromatic heterocycles. The van der Waals surface area contributed by atoms with Crippen LogP contribution in [0.4, 0.5) is 5.82 Å². The number of nitrogens with one attached hydrogen (secondary N) is 1. The van der Waals surface area contributed by atoms with Crippen molar-refractivity contribution in [3.8, 4) is 11.4 Å². The van der Waals surface area contributed by atoms with Gasteiger partial charge in [-0.15, -0.1) is 0 Å². The molecular weight excluding hydrogens is 362 g/mol. The van der Waals surface area contributed by atoms with E-state index in [1.807, 2.05) is 47.4 Å². The number of likely N-dealkylation sites (tertiary alicyclic amines) is 1. The summed E-state index contributed by atoms with van der Waals surface area (Å²) in [6, 6.07) is 15.5. The highest BCUT2D eigenvalue weighted by Gasteiger charge is 2.20. The second-order valence-electron chi connectivity index (χ2n) is 7.24. The summed E-state index contributed by atoms with van der Waals surface area (Å²) in [6.07, 6.45) is 8.00. The first kappa shape index (κ1) is 19.1. The molecule has 0 aliphatic carbocycles. The summed E-state index contributed by atoms with van der Waals surface area (Å²) >= 11 is 0. The number of nitrogens with zero attached hydrogens (tertiary/aromatic N) is 4. The molecule has 1 aromatic carbocycles. The second-order valence-corrected chi connectivity index (χ2v) is 7.24. The number of benzene rings is 1. The van der Waals surface area contributed by atoms with Gasteiger partial charge in [0.1, 0.15) is 11.5 Å². The van der Waals surface area contributed by atoms with Crippen LogP contribution in [0.5, 0.6) is 0 Å². The monoisotopic (exact) mass is 387 g/mol. The van der Waals surface area contributed by atoms with E-state index in [2.05, 4.69) is 20.3 Å². The first-order valence-electron chi connectivity index (χ1n) is 10.2. The van der Waals surface area contributed by atoms with Crippen LogP contribution < -0.4 is 5.32 Å². The number of amides is 1. The molecule has 0 spiro atoms. The van der Waals surface area contributed by atoms with E-state index in [9.17, 15) is 4.79 Å². The molecule has 0 bridgehead atoms. The quantitative estimate of drug-likeness (QED) is 0.712. The van der Waals surface area contributed by atoms with Gasteiger partial charge in [0.15, 0.2) is 5.82 Å². The van der Waals surface area contributed by atoms with Crippen LogP contribution in [0.25, 0.3) is 11.4 Å². The van der Waals surface area contributed by atoms with Gasteiger partial charge in [-0.2, -0.15) is 0 Å². The zero-order valence-electron chi connectivity index (χ0n) is 16.4. The maximum atomic E-state index is 13.2. The SMILES string of the molecule is O=C(c1cc(NCc2ccncc2)nc(-c2ccccc2)n1)N1CCCCCC1. The minimum Gasteiger partial charge on any atom is -0.366 e. The molecule has 29 heavy (non-hydrogen) atoms. The van der Waals surface area contributed by atoms with Crippen LogP contribution in [-0.2, 0) is 6.54 Å². The molecule has 1 saturated heterocycles. The van der Waals surface area contributed by atoms with Crippen molar-refractivity contribution in [2.45, 2.75) is 32.2 Å². The van der Waals surface area contributed by atoms with Crippen molar-refractivity contribution >= 4 is 11.7 Å². The lowest BCUT2D eigenvalue weighted by molar-refractivity contribution is 0.0756. The van der Waals surface area contributed by atoms with Crippen LogP contribution in [0.15, 0.2) is 60.9 Å². The van der Waals surface area contributed by atoms with Gasteiger partial charge in [0.05, 0.1) is 0 Å². The fraction of sp³-hybridized carbons (Fsp3) is 0.304. The highest BCUT2D eigenvalue weighted by molar-refractivity contribution is 5.93. The van der Waals surface area contributed by atoms with Gasteiger partial charge in [-0.25, -0.2) is 9.97 Å². The lowest BCUT2D eigenvalue weighted by atomic mass is 10.2. The number of hydrogen-bond acceptors (Lipinski definition) is 5. The Morgan fingerprint density at radius 2 is 1.66 bits per heavy atom. The molecule has 148 valence electrons. The highest BCUT2D eigenvalue weighted by atomic mass is 16.2. The Morgan fingerprint density at radius 3 is 2.38 bits per heavy atom. The Bertz CT molecular complexity index is 938. The maximum Gasteiger partial charge on any atom is 0.272 e. The van der Waals surface area contributed by atoms with Crippen molar-refractivity contribution in [1.82, 2.24) is 19.9 Å². The molecule has 0 radical (unpaired) electrons. The molecule has 0 atom stereocenters. The predicted molar refractivity (Wildman–Crippen MR) is 113 cm³/mol. The Kier molecular flexibility index (Phi) is 6.10. The van der Waals surface area contributed by atoms with Crippen molar-refractivity contribution in [3.05, 3.63) is 72.2 Å². The van der Waals surface area contributed by atoms with Crippen LogP contribution >= 0.6 is 0 Å². The summed E-state index contributed by atoms with van der Waals surface area (Å²) in [7, 11) is 0. The van der Waals surface area contributed by atoms with Crippen molar-refractivity contribution in [3.63, 3.8) is 0 Å². The van der Waals surface area contributed by atoms with Gasteiger partial charge in [0.2, 0.25) is 0 Å². The van der Waals surface area contributed by atoms with E-state index < -0.39 is 0 Å². The van der Waals surface area contributed by atoms with Crippen LogP contribution in [0.1, 0.15) is 41.7 Å². The van der Waals surface area contributed by atoms with Crippen molar-refractivity contribution in [2.24, 2.45) is 0 Å². The average Bonchev–Trinajstić information content (AvgIpc) is 3.08. The summed E-state index contributed by atoms with van der Waals surface area (Å²) in [5.41, 5.74) is 2.43. The normalized spacial score (nSPS) is 14.3. The van der Waals surface area contributed by atoms with E-state index in [0.29, 0.717) is 23.9 Å². The highest BCUT2D eigenvalue weighted by Crippen LogP contribution is 2.20. The average molecular weight is 387 g/mol. The Balaban J connectivity index is 1.63. The third-order valence-corrected chi connectivity index (χ3v) is 5.09. The van der Waals surface area contributed by atoms with Gasteiger partial charge in [-0.05, 0) is 30.5 Å². The van der Waals surface area contributed by atoms with E-state index >= 15 is 0 Å². The zero-order chi connectivity index (χ0) is 19.9. The van der Waals surface area contributed by atoms with Gasteiger partial charge >= 0.3 is 0 Å². The number of pyridine rings is 1. The van der Waals surface area contributed by atoms with E-state index in [4.69, 9.17) is 0 Å². The lowest BCUT2D eigenvalue weighted by Crippen LogP contribution is -2.32. The fourth-order valence-electron chi connectivity index (χ4n) is 3.49. The van der Waals surface area contributed by atoms with Gasteiger partial charge < -0.3 is 10.2 Å². The van der Waals surface area contributed by atoms with Crippen LogP contribution in [-0.4, -0.2) is 38.8 Å². The molecule has 1 fully saturated rings. The van der Waals surface area contributed by atoms with E-state index in [-0.39, 0.29) is 5.91 Å². The standard InChI is InChI=1S/C23H25N5O/c29-23(28-14-6-1-2-7-15-28)20-16-21(25-17-18-10-12-24-13-11-18)27-22(26-20)19-8-4-3-5-9-19/h3-5,8-13,16H,1-2,6-7,14-15,17H2,(H,25,26,27). The fourth-order valence-corrected chi connectivity index (χ4v) is 3.49. The number of rotatable bonds is 5. The molecule has 6 heteroatoms. The summed E-state index contributed by atoms with van der Waals surface area (Å²) in [5, 5.41) is 3.33. The van der Waals surface area contributed by atoms with Gasteiger partial charge in [-0.3, -0.25) is 9.78 Å². The number of aromatic nitrogens is 3. The smallest absolute Gasteiger partial charge is 0.272 e. The van der Waals surface area contributed by atoms with Crippen molar-refractivity contribution in [1.29, 1.82) is 0 Å². The third kappa shape index (κ3) is 4.96. The van der Waals surface area contributed by atoms with Crippen molar-refractivity contribution < 1.29 is 4.79 Å². The minimum atomic E-state index is -0.0153. The summed E-state index contributed by atoms with van der Waals surface area (Å²) in [5.74, 6) is 1.19. The molecule has 3 heterocycles. The van der Waals surface area contributed by atoms with Crippen LogP contribution in [0.2, 0.25) is 0 Å².